The van der Waals surface area contributed by atoms with Crippen LogP contribution in [0.1, 0.15) is 6.92 Å². The van der Waals surface area contributed by atoms with Gasteiger partial charge in [0.1, 0.15) is 11.9 Å². The zero-order chi connectivity index (χ0) is 11.8. The van der Waals surface area contributed by atoms with Crippen LogP contribution in [0.4, 0.5) is 35.1 Å². The van der Waals surface area contributed by atoms with E-state index in [4.69, 9.17) is 0 Å². The molecule has 0 aliphatic carbocycles. The van der Waals surface area contributed by atoms with Gasteiger partial charge in [-0.1, -0.05) is 0 Å². The van der Waals surface area contributed by atoms with E-state index in [0.717, 1.165) is 0 Å². The second kappa shape index (κ2) is 3.39. The summed E-state index contributed by atoms with van der Waals surface area (Å²) in [6, 6.07) is 0. The Morgan fingerprint density at radius 1 is 0.929 bits per heavy atom. The van der Waals surface area contributed by atoms with Crippen molar-refractivity contribution in [2.45, 2.75) is 24.9 Å². The van der Waals surface area contributed by atoms with Crippen LogP contribution in [0.5, 0.6) is 0 Å². The molecule has 0 saturated heterocycles. The molecule has 0 bridgehead atoms. The van der Waals surface area contributed by atoms with Crippen molar-refractivity contribution in [3.8, 4) is 0 Å². The van der Waals surface area contributed by atoms with E-state index in [1.165, 1.54) is 0 Å². The minimum absolute atomic E-state index is 0.428. The summed E-state index contributed by atoms with van der Waals surface area (Å²) in [5, 5.41) is 0. The van der Waals surface area contributed by atoms with E-state index in [9.17, 15) is 35.1 Å². The summed E-state index contributed by atoms with van der Waals surface area (Å²) in [5.41, 5.74) is -3.20. The van der Waals surface area contributed by atoms with Crippen molar-refractivity contribution in [2.24, 2.45) is 0 Å². The van der Waals surface area contributed by atoms with Crippen molar-refractivity contribution in [1.29, 1.82) is 0 Å². The molecule has 0 N–H and O–H groups in total. The quantitative estimate of drug-likeness (QED) is 0.632. The molecule has 8 heteroatoms. The van der Waals surface area contributed by atoms with E-state index in [2.05, 4.69) is 0 Å². The van der Waals surface area contributed by atoms with Crippen molar-refractivity contribution in [1.82, 2.24) is 0 Å². The van der Waals surface area contributed by atoms with Crippen LogP contribution in [0.2, 0.25) is 0 Å². The molecule has 14 heavy (non-hydrogen) atoms. The van der Waals surface area contributed by atoms with Gasteiger partial charge in [0.25, 0.3) is 0 Å². The van der Waals surface area contributed by atoms with E-state index < -0.39 is 36.8 Å². The maximum absolute atomic E-state index is 12.3. The Morgan fingerprint density at radius 2 is 1.29 bits per heavy atom. The molecule has 0 aliphatic rings. The zero-order valence-corrected chi connectivity index (χ0v) is 6.60. The Morgan fingerprint density at radius 3 is 1.36 bits per heavy atom. The number of rotatable bonds is 2. The Balaban J connectivity index is 5.29. The molecule has 0 aromatic heterocycles. The van der Waals surface area contributed by atoms with E-state index in [0.29, 0.717) is 0 Å². The van der Waals surface area contributed by atoms with Crippen LogP contribution in [-0.4, -0.2) is 18.0 Å². The molecule has 0 nitrogen and oxygen atoms in total. The van der Waals surface area contributed by atoms with Gasteiger partial charge in [0.05, 0.1) is 0 Å². The van der Waals surface area contributed by atoms with Crippen molar-refractivity contribution in [3.63, 3.8) is 0 Å². The predicted molar refractivity (Wildman–Crippen MR) is 30.8 cm³/mol. The van der Waals surface area contributed by atoms with Gasteiger partial charge in [0.15, 0.2) is 0 Å². The van der Waals surface area contributed by atoms with Gasteiger partial charge in [-0.05, 0) is 0 Å². The van der Waals surface area contributed by atoms with E-state index in [1.807, 2.05) is 0 Å². The van der Waals surface area contributed by atoms with Gasteiger partial charge >= 0.3 is 18.0 Å². The summed E-state index contributed by atoms with van der Waals surface area (Å²) in [5.74, 6) is -10.6. The second-order valence-corrected chi connectivity index (χ2v) is 2.48. The number of halogens is 8. The highest BCUT2D eigenvalue weighted by atomic mass is 19.4. The van der Waals surface area contributed by atoms with Crippen LogP contribution in [0.15, 0.2) is 11.9 Å². The Bertz CT molecular complexity index is 229. The summed E-state index contributed by atoms with van der Waals surface area (Å²) in [7, 11) is 0. The SMILES string of the molecule is CC(F)(F)C(F)(F)/C(=C\F)C(F)(F)F. The number of alkyl halides is 7. The van der Waals surface area contributed by atoms with Crippen LogP contribution in [-0.2, 0) is 0 Å². The third-order valence-electron chi connectivity index (χ3n) is 1.30. The second-order valence-electron chi connectivity index (χ2n) is 2.48. The topological polar surface area (TPSA) is 0 Å². The Kier molecular flexibility index (Phi) is 3.19. The summed E-state index contributed by atoms with van der Waals surface area (Å²) in [4.78, 5) is 0. The molecule has 0 atom stereocenters. The molecular weight excluding hydrogens is 224 g/mol. The highest BCUT2D eigenvalue weighted by Crippen LogP contribution is 2.46. The van der Waals surface area contributed by atoms with Crippen LogP contribution >= 0.6 is 0 Å². The lowest BCUT2D eigenvalue weighted by molar-refractivity contribution is -0.211. The highest BCUT2D eigenvalue weighted by molar-refractivity contribution is 5.19. The van der Waals surface area contributed by atoms with Crippen molar-refractivity contribution in [2.75, 3.05) is 0 Å². The molecule has 0 amide bonds. The fraction of sp³-hybridized carbons (Fsp3) is 0.667. The minimum atomic E-state index is -5.84. The van der Waals surface area contributed by atoms with Crippen molar-refractivity contribution < 1.29 is 35.1 Å². The summed E-state index contributed by atoms with van der Waals surface area (Å²) >= 11 is 0. The molecule has 0 rings (SSSR count). The fourth-order valence-corrected chi connectivity index (χ4v) is 0.545. The molecule has 0 aliphatic heterocycles. The van der Waals surface area contributed by atoms with Crippen LogP contribution < -0.4 is 0 Å². The van der Waals surface area contributed by atoms with Crippen LogP contribution in [0, 0.1) is 0 Å². The number of hydrogen-bond acceptors (Lipinski definition) is 0. The average molecular weight is 228 g/mol. The maximum atomic E-state index is 12.3. The predicted octanol–water partition coefficient (Wildman–Crippen LogP) is 3.69. The van der Waals surface area contributed by atoms with Gasteiger partial charge in [-0.2, -0.15) is 30.7 Å². The minimum Gasteiger partial charge on any atom is -0.215 e. The molecule has 0 saturated carbocycles. The van der Waals surface area contributed by atoms with Gasteiger partial charge in [0, 0.05) is 6.92 Å². The molecule has 0 aromatic rings. The smallest absolute Gasteiger partial charge is 0.215 e. The monoisotopic (exact) mass is 228 g/mol. The lowest BCUT2D eigenvalue weighted by Gasteiger charge is -2.25. The first kappa shape index (κ1) is 13.2. The highest BCUT2D eigenvalue weighted by Gasteiger charge is 2.62. The Hall–Kier alpha value is -0.820. The van der Waals surface area contributed by atoms with E-state index in [1.54, 1.807) is 0 Å². The number of hydrogen-bond donors (Lipinski definition) is 0. The first-order valence-corrected chi connectivity index (χ1v) is 3.08. The fourth-order valence-electron chi connectivity index (χ4n) is 0.545. The Labute approximate surface area is 73.2 Å². The summed E-state index contributed by atoms with van der Waals surface area (Å²) in [6.45, 7) is -0.428. The number of allylic oxidation sites excluding steroid dienone is 1. The molecule has 0 spiro atoms. The van der Waals surface area contributed by atoms with Crippen LogP contribution in [0.25, 0.3) is 0 Å². The maximum Gasteiger partial charge on any atom is 0.420 e. The summed E-state index contributed by atoms with van der Waals surface area (Å²) in [6.07, 6.45) is -7.39. The molecular formula is C6H4F8. The van der Waals surface area contributed by atoms with E-state index in [-0.39, 0.29) is 0 Å². The van der Waals surface area contributed by atoms with Gasteiger partial charge in [-0.3, -0.25) is 0 Å². The zero-order valence-electron chi connectivity index (χ0n) is 6.60. The lowest BCUT2D eigenvalue weighted by atomic mass is 10.0. The van der Waals surface area contributed by atoms with E-state index >= 15 is 0 Å². The standard InChI is InChI=1S/C6H4F8/c1-4(8,9)5(10,11)3(2-7)6(12,13)14/h2H,1H3/b3-2+. The molecule has 0 heterocycles. The molecule has 0 aromatic carbocycles. The first-order valence-electron chi connectivity index (χ1n) is 3.08. The average Bonchev–Trinajstić information content (AvgIpc) is 1.80. The van der Waals surface area contributed by atoms with Gasteiger partial charge < -0.3 is 0 Å². The van der Waals surface area contributed by atoms with Gasteiger partial charge in [-0.25, -0.2) is 4.39 Å². The van der Waals surface area contributed by atoms with Crippen molar-refractivity contribution in [3.05, 3.63) is 11.9 Å². The molecule has 0 fully saturated rings. The van der Waals surface area contributed by atoms with Crippen molar-refractivity contribution >= 4 is 0 Å². The van der Waals surface area contributed by atoms with Gasteiger partial charge in [0.2, 0.25) is 0 Å². The molecule has 84 valence electrons. The first-order chi connectivity index (χ1) is 5.94. The third kappa shape index (κ3) is 2.36. The van der Waals surface area contributed by atoms with Gasteiger partial charge in [-0.15, -0.1) is 0 Å². The summed E-state index contributed by atoms with van der Waals surface area (Å²) < 4.78 is 95.0. The molecule has 0 radical (unpaired) electrons. The third-order valence-corrected chi connectivity index (χ3v) is 1.30. The lowest BCUT2D eigenvalue weighted by Crippen LogP contribution is -2.44. The normalized spacial score (nSPS) is 15.9. The van der Waals surface area contributed by atoms with Crippen LogP contribution in [0.3, 0.4) is 0 Å². The molecule has 0 unspecified atom stereocenters. The largest absolute Gasteiger partial charge is 0.420 e.